The second kappa shape index (κ2) is 7.27. The van der Waals surface area contributed by atoms with Crippen LogP contribution < -0.4 is 15.4 Å². The lowest BCUT2D eigenvalue weighted by Gasteiger charge is -2.33. The van der Waals surface area contributed by atoms with Crippen molar-refractivity contribution in [2.24, 2.45) is 5.73 Å². The summed E-state index contributed by atoms with van der Waals surface area (Å²) in [6.45, 7) is 0.0518. The van der Waals surface area contributed by atoms with Gasteiger partial charge in [0.2, 0.25) is 0 Å². The van der Waals surface area contributed by atoms with Gasteiger partial charge in [0.15, 0.2) is 6.10 Å². The third kappa shape index (κ3) is 3.09. The quantitative estimate of drug-likeness (QED) is 0.551. The monoisotopic (exact) mass is 415 g/mol. The fourth-order valence-electron chi connectivity index (χ4n) is 3.62. The van der Waals surface area contributed by atoms with E-state index in [1.54, 1.807) is 34.4 Å². The summed E-state index contributed by atoms with van der Waals surface area (Å²) in [4.78, 5) is 32.9. The summed E-state index contributed by atoms with van der Waals surface area (Å²) in [6.07, 6.45) is -0.909. The molecular formula is C23H17N3O3S. The topological polar surface area (TPSA) is 85.5 Å². The van der Waals surface area contributed by atoms with Crippen LogP contribution in [0.3, 0.4) is 0 Å². The summed E-state index contributed by atoms with van der Waals surface area (Å²) in [6, 6.07) is 20.4. The first-order valence-electron chi connectivity index (χ1n) is 9.42. The minimum absolute atomic E-state index is 0.0518. The molecule has 148 valence electrons. The molecule has 0 spiro atoms. The number of para-hydroxylation sites is 3. The average Bonchev–Trinajstić information content (AvgIpc) is 3.32. The Morgan fingerprint density at radius 3 is 2.67 bits per heavy atom. The number of nitrogens with two attached hydrogens (primary N) is 1. The van der Waals surface area contributed by atoms with Crippen molar-refractivity contribution < 1.29 is 14.3 Å². The van der Waals surface area contributed by atoms with Crippen LogP contribution in [-0.4, -0.2) is 29.4 Å². The highest BCUT2D eigenvalue weighted by molar-refractivity contribution is 7.13. The number of primary amides is 1. The molecule has 0 unspecified atom stereocenters. The van der Waals surface area contributed by atoms with Crippen LogP contribution in [0.1, 0.15) is 10.4 Å². The lowest BCUT2D eigenvalue weighted by atomic mass is 10.0. The zero-order chi connectivity index (χ0) is 20.7. The summed E-state index contributed by atoms with van der Waals surface area (Å²) in [5, 5.41) is 2.73. The first kappa shape index (κ1) is 18.3. The largest absolute Gasteiger partial charge is 0.477 e. The number of rotatable bonds is 3. The molecule has 0 saturated heterocycles. The van der Waals surface area contributed by atoms with Crippen LogP contribution in [-0.2, 0) is 4.79 Å². The normalized spacial score (nSPS) is 15.5. The van der Waals surface area contributed by atoms with E-state index < -0.39 is 12.0 Å². The number of nitrogens with zero attached hydrogens (tertiary/aromatic N) is 2. The fourth-order valence-corrected chi connectivity index (χ4v) is 4.31. The minimum Gasteiger partial charge on any atom is -0.477 e. The van der Waals surface area contributed by atoms with Crippen molar-refractivity contribution in [2.75, 3.05) is 11.4 Å². The van der Waals surface area contributed by atoms with Crippen molar-refractivity contribution in [1.29, 1.82) is 0 Å². The first-order chi connectivity index (χ1) is 14.6. The molecule has 1 aliphatic heterocycles. The molecule has 5 rings (SSSR count). The Morgan fingerprint density at radius 2 is 1.87 bits per heavy atom. The Morgan fingerprint density at radius 1 is 1.07 bits per heavy atom. The molecule has 0 radical (unpaired) electrons. The molecule has 0 aliphatic carbocycles. The van der Waals surface area contributed by atoms with Gasteiger partial charge in [-0.1, -0.05) is 36.4 Å². The van der Waals surface area contributed by atoms with Crippen LogP contribution in [0.25, 0.3) is 21.5 Å². The zero-order valence-corrected chi connectivity index (χ0v) is 16.6. The van der Waals surface area contributed by atoms with Gasteiger partial charge in [-0.05, 0) is 35.7 Å². The van der Waals surface area contributed by atoms with Crippen LogP contribution >= 0.6 is 11.3 Å². The Kier molecular flexibility index (Phi) is 4.44. The lowest BCUT2D eigenvalue weighted by Crippen LogP contribution is -2.49. The van der Waals surface area contributed by atoms with E-state index in [-0.39, 0.29) is 12.5 Å². The third-order valence-electron chi connectivity index (χ3n) is 5.06. The van der Waals surface area contributed by atoms with E-state index in [2.05, 4.69) is 0 Å². The van der Waals surface area contributed by atoms with E-state index in [9.17, 15) is 9.59 Å². The SMILES string of the molecule is NC(=O)[C@@H]1CN(C(=O)c2cc(-c3cccs3)nc3ccccc23)c2ccccc2O1. The molecule has 6 nitrogen and oxygen atoms in total. The second-order valence-electron chi connectivity index (χ2n) is 6.94. The van der Waals surface area contributed by atoms with E-state index >= 15 is 0 Å². The number of hydrogen-bond acceptors (Lipinski definition) is 5. The van der Waals surface area contributed by atoms with Gasteiger partial charge in [-0.25, -0.2) is 4.98 Å². The van der Waals surface area contributed by atoms with E-state index in [1.165, 1.54) is 0 Å². The van der Waals surface area contributed by atoms with Crippen molar-refractivity contribution in [3.8, 4) is 16.3 Å². The number of pyridine rings is 1. The number of amides is 2. The van der Waals surface area contributed by atoms with Gasteiger partial charge in [-0.3, -0.25) is 9.59 Å². The molecule has 0 saturated carbocycles. The van der Waals surface area contributed by atoms with Crippen LogP contribution in [0.15, 0.2) is 72.1 Å². The van der Waals surface area contributed by atoms with Gasteiger partial charge in [0.25, 0.3) is 11.8 Å². The van der Waals surface area contributed by atoms with E-state index in [0.29, 0.717) is 17.0 Å². The summed E-state index contributed by atoms with van der Waals surface area (Å²) < 4.78 is 5.70. The summed E-state index contributed by atoms with van der Waals surface area (Å²) in [7, 11) is 0. The predicted molar refractivity (Wildman–Crippen MR) is 117 cm³/mol. The highest BCUT2D eigenvalue weighted by atomic mass is 32.1. The van der Waals surface area contributed by atoms with E-state index in [0.717, 1.165) is 21.5 Å². The van der Waals surface area contributed by atoms with E-state index in [4.69, 9.17) is 15.5 Å². The van der Waals surface area contributed by atoms with E-state index in [1.807, 2.05) is 53.9 Å². The molecule has 2 N–H and O–H groups in total. The van der Waals surface area contributed by atoms with Crippen molar-refractivity contribution >= 4 is 39.7 Å². The van der Waals surface area contributed by atoms with Crippen molar-refractivity contribution in [3.63, 3.8) is 0 Å². The van der Waals surface area contributed by atoms with Gasteiger partial charge >= 0.3 is 0 Å². The Bertz CT molecular complexity index is 1270. The van der Waals surface area contributed by atoms with Gasteiger partial charge < -0.3 is 15.4 Å². The maximum atomic E-state index is 13.8. The lowest BCUT2D eigenvalue weighted by molar-refractivity contribution is -0.124. The van der Waals surface area contributed by atoms with Gasteiger partial charge in [-0.15, -0.1) is 11.3 Å². The highest BCUT2D eigenvalue weighted by Crippen LogP contribution is 2.35. The molecule has 0 fully saturated rings. The molecule has 1 aliphatic rings. The summed E-state index contributed by atoms with van der Waals surface area (Å²) in [5.74, 6) is -0.382. The number of anilines is 1. The molecule has 2 aromatic heterocycles. The minimum atomic E-state index is -0.909. The van der Waals surface area contributed by atoms with Gasteiger partial charge in [-0.2, -0.15) is 0 Å². The number of ether oxygens (including phenoxy) is 1. The smallest absolute Gasteiger partial charge is 0.260 e. The number of aromatic nitrogens is 1. The number of carbonyl (C=O) groups excluding carboxylic acids is 2. The van der Waals surface area contributed by atoms with Gasteiger partial charge in [0.05, 0.1) is 33.9 Å². The van der Waals surface area contributed by atoms with Gasteiger partial charge in [0.1, 0.15) is 5.75 Å². The maximum absolute atomic E-state index is 13.8. The molecule has 1 atom stereocenters. The van der Waals surface area contributed by atoms with Crippen molar-refractivity contribution in [2.45, 2.75) is 6.10 Å². The number of fused-ring (bicyclic) bond motifs is 2. The van der Waals surface area contributed by atoms with Crippen LogP contribution in [0.4, 0.5) is 5.69 Å². The van der Waals surface area contributed by atoms with Crippen LogP contribution in [0, 0.1) is 0 Å². The molecule has 3 heterocycles. The Labute approximate surface area is 176 Å². The number of hydrogen-bond donors (Lipinski definition) is 1. The summed E-state index contributed by atoms with van der Waals surface area (Å²) in [5.41, 5.74) is 8.09. The molecule has 0 bridgehead atoms. The molecule has 2 aromatic carbocycles. The molecular weight excluding hydrogens is 398 g/mol. The summed E-state index contributed by atoms with van der Waals surface area (Å²) >= 11 is 1.56. The average molecular weight is 415 g/mol. The standard InChI is InChI=1S/C23H17N3O3S/c24-22(27)20-13-26(18-8-3-4-9-19(18)29-20)23(28)15-12-17(21-10-5-11-30-21)25-16-7-2-1-6-14(15)16/h1-12,20H,13H2,(H2,24,27)/t20-/m0/s1. The number of thiophene rings is 1. The molecule has 30 heavy (non-hydrogen) atoms. The first-order valence-corrected chi connectivity index (χ1v) is 10.3. The van der Waals surface area contributed by atoms with Crippen LogP contribution in [0.2, 0.25) is 0 Å². The fraction of sp³-hybridized carbons (Fsp3) is 0.0870. The number of carbonyl (C=O) groups is 2. The third-order valence-corrected chi connectivity index (χ3v) is 5.95. The Balaban J connectivity index is 1.67. The number of benzene rings is 2. The molecule has 7 heteroatoms. The van der Waals surface area contributed by atoms with Gasteiger partial charge in [0, 0.05) is 5.39 Å². The van der Waals surface area contributed by atoms with Crippen molar-refractivity contribution in [1.82, 2.24) is 4.98 Å². The second-order valence-corrected chi connectivity index (χ2v) is 7.89. The van der Waals surface area contributed by atoms with Crippen molar-refractivity contribution in [3.05, 3.63) is 77.7 Å². The zero-order valence-electron chi connectivity index (χ0n) is 15.8. The molecule has 4 aromatic rings. The molecule has 2 amide bonds. The predicted octanol–water partition coefficient (Wildman–Crippen LogP) is 3.86. The Hall–Kier alpha value is -3.71. The maximum Gasteiger partial charge on any atom is 0.260 e. The van der Waals surface area contributed by atoms with Crippen LogP contribution in [0.5, 0.6) is 5.75 Å². The highest BCUT2D eigenvalue weighted by Gasteiger charge is 2.33.